The van der Waals surface area contributed by atoms with Crippen molar-refractivity contribution in [2.75, 3.05) is 17.6 Å². The van der Waals surface area contributed by atoms with Crippen LogP contribution in [0.5, 0.6) is 0 Å². The summed E-state index contributed by atoms with van der Waals surface area (Å²) in [7, 11) is -3.52. The molecule has 1 saturated heterocycles. The number of nitrogens with one attached hydrogen (secondary N) is 1. The molecule has 0 aromatic heterocycles. The Morgan fingerprint density at radius 3 is 2.69 bits per heavy atom. The van der Waals surface area contributed by atoms with E-state index in [4.69, 9.17) is 5.73 Å². The summed E-state index contributed by atoms with van der Waals surface area (Å²) in [5, 5.41) is 2.79. The van der Waals surface area contributed by atoms with Crippen LogP contribution < -0.4 is 11.1 Å². The molecule has 1 fully saturated rings. The minimum absolute atomic E-state index is 0.112. The van der Waals surface area contributed by atoms with Crippen LogP contribution >= 0.6 is 0 Å². The number of hydrogen-bond acceptors (Lipinski definition) is 5. The first-order valence-corrected chi connectivity index (χ1v) is 12.7. The Bertz CT molecular complexity index is 1130. The molecule has 2 amide bonds. The highest BCUT2D eigenvalue weighted by Gasteiger charge is 2.28. The maximum absolute atomic E-state index is 12.7. The van der Waals surface area contributed by atoms with Gasteiger partial charge in [-0.2, -0.15) is 0 Å². The van der Waals surface area contributed by atoms with Crippen molar-refractivity contribution in [1.82, 2.24) is 4.90 Å². The van der Waals surface area contributed by atoms with Crippen molar-refractivity contribution in [3.63, 3.8) is 0 Å². The molecule has 0 saturated carbocycles. The Kier molecular flexibility index (Phi) is 6.62. The summed E-state index contributed by atoms with van der Waals surface area (Å²) in [5.74, 6) is -0.884. The number of primary amides is 1. The highest BCUT2D eigenvalue weighted by Crippen LogP contribution is 2.26. The molecule has 3 N–H and O–H groups in total. The summed E-state index contributed by atoms with van der Waals surface area (Å²) in [6.07, 6.45) is 4.55. The van der Waals surface area contributed by atoms with Crippen molar-refractivity contribution < 1.29 is 18.0 Å². The minimum Gasteiger partial charge on any atom is -0.368 e. The molecular formula is C24H29N3O4S. The summed E-state index contributed by atoms with van der Waals surface area (Å²) in [6, 6.07) is 12.4. The van der Waals surface area contributed by atoms with Crippen LogP contribution in [0.4, 0.5) is 5.69 Å². The largest absolute Gasteiger partial charge is 0.368 e. The highest BCUT2D eigenvalue weighted by atomic mass is 32.2. The fourth-order valence-electron chi connectivity index (χ4n) is 4.63. The zero-order valence-electron chi connectivity index (χ0n) is 18.0. The number of nitrogens with zero attached hydrogens (tertiary/aromatic N) is 1. The predicted molar refractivity (Wildman–Crippen MR) is 123 cm³/mol. The molecule has 2 aromatic rings. The van der Waals surface area contributed by atoms with Crippen LogP contribution in [0.2, 0.25) is 0 Å². The quantitative estimate of drug-likeness (QED) is 0.635. The fraction of sp³-hybridized carbons (Fsp3) is 0.417. The lowest BCUT2D eigenvalue weighted by molar-refractivity contribution is -0.122. The Hall–Kier alpha value is -2.71. The number of likely N-dealkylation sites (tertiary alicyclic amines) is 1. The Balaban J connectivity index is 1.34. The van der Waals surface area contributed by atoms with Gasteiger partial charge >= 0.3 is 0 Å². The van der Waals surface area contributed by atoms with E-state index in [-0.39, 0.29) is 30.0 Å². The van der Waals surface area contributed by atoms with Crippen molar-refractivity contribution in [2.45, 2.75) is 56.0 Å². The number of aryl methyl sites for hydroxylation is 2. The van der Waals surface area contributed by atoms with E-state index in [0.717, 1.165) is 49.8 Å². The van der Waals surface area contributed by atoms with Crippen molar-refractivity contribution in [1.29, 1.82) is 0 Å². The number of fused-ring (bicyclic) bond motifs is 1. The number of carbonyl (C=O) groups is 2. The number of rotatable bonds is 8. The lowest BCUT2D eigenvalue weighted by Crippen LogP contribution is -2.39. The number of carbonyl (C=O) groups excluding carboxylic acids is 2. The van der Waals surface area contributed by atoms with Gasteiger partial charge in [0.15, 0.2) is 9.84 Å². The normalized spacial score (nSPS) is 18.4. The van der Waals surface area contributed by atoms with Gasteiger partial charge in [0.25, 0.3) is 0 Å². The Labute approximate surface area is 188 Å². The molecule has 1 aliphatic carbocycles. The number of benzene rings is 2. The summed E-state index contributed by atoms with van der Waals surface area (Å²) in [6.45, 7) is 1.38. The zero-order valence-corrected chi connectivity index (χ0v) is 18.9. The molecule has 1 atom stereocenters. The Morgan fingerprint density at radius 1 is 1.06 bits per heavy atom. The second-order valence-electron chi connectivity index (χ2n) is 8.63. The van der Waals surface area contributed by atoms with Crippen molar-refractivity contribution in [3.05, 3.63) is 59.2 Å². The van der Waals surface area contributed by atoms with Crippen LogP contribution in [0.25, 0.3) is 0 Å². The fourth-order valence-corrected chi connectivity index (χ4v) is 5.92. The van der Waals surface area contributed by atoms with Gasteiger partial charge in [0.1, 0.15) is 0 Å². The van der Waals surface area contributed by atoms with Gasteiger partial charge in [0.2, 0.25) is 11.8 Å². The van der Waals surface area contributed by atoms with E-state index in [9.17, 15) is 18.0 Å². The van der Waals surface area contributed by atoms with E-state index in [1.165, 1.54) is 5.56 Å². The molecule has 2 aromatic carbocycles. The van der Waals surface area contributed by atoms with E-state index >= 15 is 0 Å². The van der Waals surface area contributed by atoms with Crippen molar-refractivity contribution >= 4 is 27.3 Å². The second-order valence-corrected chi connectivity index (χ2v) is 10.7. The molecule has 0 spiro atoms. The first kappa shape index (κ1) is 22.5. The maximum atomic E-state index is 12.7. The molecule has 1 unspecified atom stereocenters. The highest BCUT2D eigenvalue weighted by molar-refractivity contribution is 7.91. The average Bonchev–Trinajstić information content (AvgIpc) is 3.41. The SMILES string of the molecule is NC(=O)C1CCCN1Cc1cccc(NC(=O)CCS(=O)(=O)c2ccc3c(c2)CCC3)c1. The molecule has 7 nitrogen and oxygen atoms in total. The molecule has 4 rings (SSSR count). The van der Waals surface area contributed by atoms with E-state index in [1.807, 2.05) is 29.2 Å². The zero-order chi connectivity index (χ0) is 22.7. The van der Waals surface area contributed by atoms with Crippen LogP contribution in [0.15, 0.2) is 47.4 Å². The van der Waals surface area contributed by atoms with Crippen molar-refractivity contribution in [2.24, 2.45) is 5.73 Å². The monoisotopic (exact) mass is 455 g/mol. The third-order valence-corrected chi connectivity index (χ3v) is 8.03. The molecular weight excluding hydrogens is 426 g/mol. The van der Waals surface area contributed by atoms with Crippen LogP contribution in [-0.4, -0.2) is 43.5 Å². The lowest BCUT2D eigenvalue weighted by atomic mass is 10.1. The van der Waals surface area contributed by atoms with Crippen LogP contribution in [0, 0.1) is 0 Å². The van der Waals surface area contributed by atoms with E-state index < -0.39 is 9.84 Å². The van der Waals surface area contributed by atoms with Gasteiger partial charge in [-0.15, -0.1) is 0 Å². The molecule has 8 heteroatoms. The summed E-state index contributed by atoms with van der Waals surface area (Å²) >= 11 is 0. The number of amides is 2. The summed E-state index contributed by atoms with van der Waals surface area (Å²) < 4.78 is 25.4. The van der Waals surface area contributed by atoms with Gasteiger partial charge in [0, 0.05) is 18.7 Å². The summed E-state index contributed by atoms with van der Waals surface area (Å²) in [4.78, 5) is 26.4. The van der Waals surface area contributed by atoms with E-state index in [1.54, 1.807) is 18.2 Å². The topological polar surface area (TPSA) is 110 Å². The van der Waals surface area contributed by atoms with Gasteiger partial charge < -0.3 is 11.1 Å². The standard InChI is InChI=1S/C24H29N3O4S/c25-24(29)22-8-3-12-27(22)16-17-4-1-7-20(14-17)26-23(28)11-13-32(30,31)21-10-9-18-5-2-6-19(18)15-21/h1,4,7,9-10,14-15,22H,2-3,5-6,8,11-13,16H2,(H2,25,29)(H,26,28). The van der Waals surface area contributed by atoms with Crippen molar-refractivity contribution in [3.8, 4) is 0 Å². The van der Waals surface area contributed by atoms with Gasteiger partial charge in [-0.25, -0.2) is 8.42 Å². The van der Waals surface area contributed by atoms with Gasteiger partial charge in [0.05, 0.1) is 16.7 Å². The molecule has 32 heavy (non-hydrogen) atoms. The van der Waals surface area contributed by atoms with E-state index in [0.29, 0.717) is 17.1 Å². The van der Waals surface area contributed by atoms with E-state index in [2.05, 4.69) is 5.32 Å². The van der Waals surface area contributed by atoms with Crippen LogP contribution in [-0.2, 0) is 38.8 Å². The molecule has 2 aliphatic rings. The molecule has 0 bridgehead atoms. The number of hydrogen-bond donors (Lipinski definition) is 2. The van der Waals surface area contributed by atoms with Gasteiger partial charge in [-0.05, 0) is 79.6 Å². The Morgan fingerprint density at radius 2 is 1.88 bits per heavy atom. The maximum Gasteiger partial charge on any atom is 0.234 e. The van der Waals surface area contributed by atoms with Crippen LogP contribution in [0.1, 0.15) is 42.4 Å². The number of anilines is 1. The lowest BCUT2D eigenvalue weighted by Gasteiger charge is -2.22. The molecule has 1 heterocycles. The molecule has 170 valence electrons. The summed E-state index contributed by atoms with van der Waals surface area (Å²) in [5.41, 5.74) is 9.38. The number of sulfone groups is 1. The van der Waals surface area contributed by atoms with Gasteiger partial charge in [-0.1, -0.05) is 18.2 Å². The first-order valence-electron chi connectivity index (χ1n) is 11.1. The first-order chi connectivity index (χ1) is 15.3. The average molecular weight is 456 g/mol. The minimum atomic E-state index is -3.52. The smallest absolute Gasteiger partial charge is 0.234 e. The molecule has 1 aliphatic heterocycles. The second kappa shape index (κ2) is 9.42. The third kappa shape index (κ3) is 5.19. The number of nitrogens with two attached hydrogens (primary N) is 1. The van der Waals surface area contributed by atoms with Crippen LogP contribution in [0.3, 0.4) is 0 Å². The predicted octanol–water partition coefficient (Wildman–Crippen LogP) is 2.43. The molecule has 0 radical (unpaired) electrons. The third-order valence-electron chi connectivity index (χ3n) is 6.32. The van der Waals surface area contributed by atoms with Gasteiger partial charge in [-0.3, -0.25) is 14.5 Å².